The molecule has 0 bridgehead atoms. The topological polar surface area (TPSA) is 64.7 Å². The van der Waals surface area contributed by atoms with Gasteiger partial charge in [0.2, 0.25) is 5.91 Å². The fourth-order valence-electron chi connectivity index (χ4n) is 3.11. The van der Waals surface area contributed by atoms with Gasteiger partial charge in [-0.25, -0.2) is 0 Å². The second kappa shape index (κ2) is 9.43. The minimum atomic E-state index is -0.442. The summed E-state index contributed by atoms with van der Waals surface area (Å²) in [5.41, 5.74) is 1.97. The molecule has 0 spiro atoms. The van der Waals surface area contributed by atoms with E-state index in [2.05, 4.69) is 15.5 Å². The molecule has 9 heteroatoms. The van der Waals surface area contributed by atoms with Gasteiger partial charge in [0.1, 0.15) is 0 Å². The Kier molecular flexibility index (Phi) is 6.95. The molecule has 0 atom stereocenters. The second-order valence-electron chi connectivity index (χ2n) is 6.54. The largest absolute Gasteiger partial charge is 0.366 e. The van der Waals surface area contributed by atoms with Gasteiger partial charge in [-0.1, -0.05) is 35.3 Å². The standard InChI is InChI=1S/C20H20Cl2N4O2S/c1-13(27)25-8-10-26(11-9-25)18-5-3-2-4-17(18)23-20(29)24-19(28)15-12-14(21)6-7-16(15)22/h2-7,12H,8-11H2,1H3,(H2,23,24,28,29). The zero-order chi connectivity index (χ0) is 21.0. The Morgan fingerprint density at radius 3 is 2.41 bits per heavy atom. The van der Waals surface area contributed by atoms with E-state index in [0.717, 1.165) is 24.5 Å². The number of benzene rings is 2. The third-order valence-electron chi connectivity index (χ3n) is 4.62. The molecule has 1 heterocycles. The minimum absolute atomic E-state index is 0.0830. The van der Waals surface area contributed by atoms with E-state index in [9.17, 15) is 9.59 Å². The Morgan fingerprint density at radius 1 is 1.03 bits per heavy atom. The highest BCUT2D eigenvalue weighted by molar-refractivity contribution is 7.80. The van der Waals surface area contributed by atoms with E-state index in [0.29, 0.717) is 23.1 Å². The molecule has 1 fully saturated rings. The number of carbonyl (C=O) groups excluding carboxylic acids is 2. The summed E-state index contributed by atoms with van der Waals surface area (Å²) in [4.78, 5) is 28.0. The predicted molar refractivity (Wildman–Crippen MR) is 121 cm³/mol. The number of nitrogens with zero attached hydrogens (tertiary/aromatic N) is 2. The van der Waals surface area contributed by atoms with Crippen LogP contribution in [0.3, 0.4) is 0 Å². The third kappa shape index (κ3) is 5.38. The average Bonchev–Trinajstić information content (AvgIpc) is 2.70. The summed E-state index contributed by atoms with van der Waals surface area (Å²) in [5.74, 6) is -0.359. The molecule has 0 saturated carbocycles. The van der Waals surface area contributed by atoms with Gasteiger partial charge in [0.25, 0.3) is 5.91 Å². The Balaban J connectivity index is 1.68. The first-order chi connectivity index (χ1) is 13.8. The molecule has 29 heavy (non-hydrogen) atoms. The van der Waals surface area contributed by atoms with Crippen molar-refractivity contribution in [2.75, 3.05) is 36.4 Å². The van der Waals surface area contributed by atoms with E-state index in [1.807, 2.05) is 29.2 Å². The summed E-state index contributed by atoms with van der Waals surface area (Å²) in [6, 6.07) is 12.3. The molecule has 1 aliphatic heterocycles. The molecular formula is C20H20Cl2N4O2S. The van der Waals surface area contributed by atoms with Crippen LogP contribution in [-0.2, 0) is 4.79 Å². The number of para-hydroxylation sites is 2. The van der Waals surface area contributed by atoms with Crippen molar-refractivity contribution in [3.05, 3.63) is 58.1 Å². The summed E-state index contributed by atoms with van der Waals surface area (Å²) >= 11 is 17.3. The zero-order valence-corrected chi connectivity index (χ0v) is 18.1. The van der Waals surface area contributed by atoms with Crippen LogP contribution >= 0.6 is 35.4 Å². The van der Waals surface area contributed by atoms with Gasteiger partial charge in [-0.2, -0.15) is 0 Å². The summed E-state index contributed by atoms with van der Waals surface area (Å²) in [6.45, 7) is 4.35. The van der Waals surface area contributed by atoms with Crippen LogP contribution in [0.2, 0.25) is 10.0 Å². The quantitative estimate of drug-likeness (QED) is 0.696. The van der Waals surface area contributed by atoms with Crippen molar-refractivity contribution < 1.29 is 9.59 Å². The number of anilines is 2. The van der Waals surface area contributed by atoms with Crippen molar-refractivity contribution >= 4 is 63.7 Å². The Labute approximate surface area is 184 Å². The van der Waals surface area contributed by atoms with Crippen LogP contribution < -0.4 is 15.5 Å². The number of carbonyl (C=O) groups is 2. The van der Waals surface area contributed by atoms with Crippen molar-refractivity contribution in [3.63, 3.8) is 0 Å². The maximum atomic E-state index is 12.5. The Morgan fingerprint density at radius 2 is 1.72 bits per heavy atom. The lowest BCUT2D eigenvalue weighted by Gasteiger charge is -2.36. The van der Waals surface area contributed by atoms with E-state index in [-0.39, 0.29) is 16.6 Å². The van der Waals surface area contributed by atoms with E-state index < -0.39 is 5.91 Å². The molecule has 152 valence electrons. The summed E-state index contributed by atoms with van der Waals surface area (Å²) in [7, 11) is 0. The number of piperazine rings is 1. The molecule has 2 aromatic rings. The van der Waals surface area contributed by atoms with Crippen molar-refractivity contribution in [3.8, 4) is 0 Å². The summed E-state index contributed by atoms with van der Waals surface area (Å²) in [5, 5.41) is 6.56. The van der Waals surface area contributed by atoms with Crippen LogP contribution in [0, 0.1) is 0 Å². The molecular weight excluding hydrogens is 431 g/mol. The van der Waals surface area contributed by atoms with Crippen LogP contribution in [0.25, 0.3) is 0 Å². The van der Waals surface area contributed by atoms with Gasteiger partial charge in [0.15, 0.2) is 5.11 Å². The maximum absolute atomic E-state index is 12.5. The molecule has 2 N–H and O–H groups in total. The highest BCUT2D eigenvalue weighted by Crippen LogP contribution is 2.27. The van der Waals surface area contributed by atoms with E-state index in [1.54, 1.807) is 19.1 Å². The number of rotatable bonds is 3. The number of halogens is 2. The Hall–Kier alpha value is -2.35. The molecule has 2 aromatic carbocycles. The smallest absolute Gasteiger partial charge is 0.258 e. The third-order valence-corrected chi connectivity index (χ3v) is 5.39. The molecule has 0 aromatic heterocycles. The lowest BCUT2D eigenvalue weighted by molar-refractivity contribution is -0.129. The SMILES string of the molecule is CC(=O)N1CCN(c2ccccc2NC(=S)NC(=O)c2cc(Cl)ccc2Cl)CC1. The fraction of sp³-hybridized carbons (Fsp3) is 0.250. The summed E-state index contributed by atoms with van der Waals surface area (Å²) < 4.78 is 0. The average molecular weight is 451 g/mol. The summed E-state index contributed by atoms with van der Waals surface area (Å²) in [6.07, 6.45) is 0. The molecule has 0 aliphatic carbocycles. The lowest BCUT2D eigenvalue weighted by Crippen LogP contribution is -2.48. The van der Waals surface area contributed by atoms with Crippen LogP contribution in [0.4, 0.5) is 11.4 Å². The van der Waals surface area contributed by atoms with E-state index >= 15 is 0 Å². The fourth-order valence-corrected chi connectivity index (χ4v) is 3.69. The molecule has 3 rings (SSSR count). The van der Waals surface area contributed by atoms with Crippen LogP contribution in [0.5, 0.6) is 0 Å². The number of nitrogens with one attached hydrogen (secondary N) is 2. The molecule has 0 unspecified atom stereocenters. The number of hydrogen-bond acceptors (Lipinski definition) is 4. The van der Waals surface area contributed by atoms with Gasteiger partial charge in [-0.3, -0.25) is 14.9 Å². The predicted octanol–water partition coefficient (Wildman–Crippen LogP) is 3.79. The lowest BCUT2D eigenvalue weighted by atomic mass is 10.2. The minimum Gasteiger partial charge on any atom is -0.366 e. The normalized spacial score (nSPS) is 13.8. The van der Waals surface area contributed by atoms with E-state index in [4.69, 9.17) is 35.4 Å². The van der Waals surface area contributed by atoms with Crippen LogP contribution in [0.15, 0.2) is 42.5 Å². The number of thiocarbonyl (C=S) groups is 1. The van der Waals surface area contributed by atoms with Crippen molar-refractivity contribution in [2.24, 2.45) is 0 Å². The van der Waals surface area contributed by atoms with Gasteiger partial charge in [0.05, 0.1) is 22.0 Å². The Bertz CT molecular complexity index is 946. The molecule has 6 nitrogen and oxygen atoms in total. The number of amides is 2. The van der Waals surface area contributed by atoms with Gasteiger partial charge >= 0.3 is 0 Å². The second-order valence-corrected chi connectivity index (χ2v) is 7.79. The highest BCUT2D eigenvalue weighted by atomic mass is 35.5. The highest BCUT2D eigenvalue weighted by Gasteiger charge is 2.21. The van der Waals surface area contributed by atoms with Gasteiger partial charge in [-0.05, 0) is 42.5 Å². The monoisotopic (exact) mass is 450 g/mol. The maximum Gasteiger partial charge on any atom is 0.258 e. The molecule has 1 aliphatic rings. The van der Waals surface area contributed by atoms with Crippen molar-refractivity contribution in [1.82, 2.24) is 10.2 Å². The van der Waals surface area contributed by atoms with Gasteiger partial charge in [-0.15, -0.1) is 0 Å². The molecule has 2 amide bonds. The van der Waals surface area contributed by atoms with Crippen molar-refractivity contribution in [1.29, 1.82) is 0 Å². The molecule has 0 radical (unpaired) electrons. The van der Waals surface area contributed by atoms with Crippen molar-refractivity contribution in [2.45, 2.75) is 6.92 Å². The first-order valence-corrected chi connectivity index (χ1v) is 10.2. The van der Waals surface area contributed by atoms with Gasteiger partial charge < -0.3 is 15.1 Å². The van der Waals surface area contributed by atoms with Gasteiger partial charge in [0, 0.05) is 38.1 Å². The first-order valence-electron chi connectivity index (χ1n) is 9.02. The molecule has 1 saturated heterocycles. The number of hydrogen-bond donors (Lipinski definition) is 2. The van der Waals surface area contributed by atoms with E-state index in [1.165, 1.54) is 6.07 Å². The van der Waals surface area contributed by atoms with Crippen LogP contribution in [0.1, 0.15) is 17.3 Å². The van der Waals surface area contributed by atoms with Crippen LogP contribution in [-0.4, -0.2) is 48.0 Å². The first kappa shape index (κ1) is 21.4. The zero-order valence-electron chi connectivity index (χ0n) is 15.7.